The zero-order chi connectivity index (χ0) is 12.0. The highest BCUT2D eigenvalue weighted by Crippen LogP contribution is 2.32. The number of rotatable bonds is 0. The van der Waals surface area contributed by atoms with Crippen LogP contribution in [0.25, 0.3) is 22.1 Å². The van der Waals surface area contributed by atoms with Crippen LogP contribution in [-0.4, -0.2) is 15.1 Å². The summed E-state index contributed by atoms with van der Waals surface area (Å²) < 4.78 is 0. The molecule has 0 aliphatic rings. The quantitative estimate of drug-likeness (QED) is 0.307. The Hall–Kier alpha value is -2.56. The number of fused-ring (bicyclic) bond motifs is 2. The van der Waals surface area contributed by atoms with Gasteiger partial charge >= 0.3 is 0 Å². The lowest BCUT2D eigenvalue weighted by Crippen LogP contribution is -1.98. The van der Waals surface area contributed by atoms with Gasteiger partial charge in [-0.15, -0.1) is 0 Å². The smallest absolute Gasteiger partial charge is 0.145 e. The van der Waals surface area contributed by atoms with Crippen LogP contribution in [0.3, 0.4) is 0 Å². The molecule has 3 rings (SSSR count). The van der Waals surface area contributed by atoms with Gasteiger partial charge in [0.1, 0.15) is 16.8 Å². The van der Waals surface area contributed by atoms with Gasteiger partial charge in [-0.05, 0) is 12.1 Å². The second-order valence-electron chi connectivity index (χ2n) is 3.81. The van der Waals surface area contributed by atoms with E-state index in [9.17, 15) is 5.11 Å². The molecule has 0 fully saturated rings. The van der Waals surface area contributed by atoms with Crippen molar-refractivity contribution >= 4 is 33.4 Å². The van der Waals surface area contributed by atoms with E-state index < -0.39 is 0 Å². The van der Waals surface area contributed by atoms with Crippen molar-refractivity contribution in [1.29, 1.82) is 0 Å². The van der Waals surface area contributed by atoms with Gasteiger partial charge in [0.15, 0.2) is 0 Å². The number of hydrogen-bond acceptors (Lipinski definition) is 5. The van der Waals surface area contributed by atoms with Gasteiger partial charge in [-0.25, -0.2) is 9.97 Å². The zero-order valence-corrected chi connectivity index (χ0v) is 8.88. The molecule has 0 aliphatic heterocycles. The average Bonchev–Trinajstić information content (AvgIpc) is 2.34. The maximum absolute atomic E-state index is 9.80. The molecule has 5 heteroatoms. The van der Waals surface area contributed by atoms with Gasteiger partial charge in [0.05, 0.1) is 22.4 Å². The van der Waals surface area contributed by atoms with Crippen LogP contribution < -0.4 is 11.5 Å². The molecule has 1 heterocycles. The van der Waals surface area contributed by atoms with Crippen molar-refractivity contribution in [2.24, 2.45) is 0 Å². The highest BCUT2D eigenvalue weighted by Gasteiger charge is 2.11. The van der Waals surface area contributed by atoms with Gasteiger partial charge in [-0.1, -0.05) is 12.1 Å². The number of para-hydroxylation sites is 2. The third-order valence-corrected chi connectivity index (χ3v) is 2.67. The van der Waals surface area contributed by atoms with Crippen LogP contribution in [0.1, 0.15) is 0 Å². The molecule has 0 atom stereocenters. The van der Waals surface area contributed by atoms with Crippen LogP contribution >= 0.6 is 0 Å². The van der Waals surface area contributed by atoms with E-state index in [1.54, 1.807) is 0 Å². The van der Waals surface area contributed by atoms with E-state index in [2.05, 4.69) is 9.97 Å². The Morgan fingerprint density at radius 2 is 1.53 bits per heavy atom. The van der Waals surface area contributed by atoms with E-state index in [0.717, 1.165) is 5.52 Å². The Kier molecular flexibility index (Phi) is 1.82. The second kappa shape index (κ2) is 3.21. The van der Waals surface area contributed by atoms with E-state index in [0.29, 0.717) is 27.9 Å². The third kappa shape index (κ3) is 1.32. The summed E-state index contributed by atoms with van der Waals surface area (Å²) in [5, 5.41) is 9.80. The van der Waals surface area contributed by atoms with Gasteiger partial charge in [-0.3, -0.25) is 0 Å². The summed E-state index contributed by atoms with van der Waals surface area (Å²) in [4.78, 5) is 8.70. The lowest BCUT2D eigenvalue weighted by atomic mass is 10.2. The first-order valence-corrected chi connectivity index (χ1v) is 5.10. The van der Waals surface area contributed by atoms with Crippen LogP contribution in [-0.2, 0) is 0 Å². The highest BCUT2D eigenvalue weighted by molar-refractivity contribution is 6.00. The number of phenols is 1. The Bertz CT molecular complexity index is 739. The van der Waals surface area contributed by atoms with Gasteiger partial charge < -0.3 is 16.6 Å². The molecule has 1 aromatic heterocycles. The van der Waals surface area contributed by atoms with Crippen molar-refractivity contribution in [1.82, 2.24) is 9.97 Å². The van der Waals surface area contributed by atoms with Gasteiger partial charge in [-0.2, -0.15) is 0 Å². The summed E-state index contributed by atoms with van der Waals surface area (Å²) >= 11 is 0. The van der Waals surface area contributed by atoms with Crippen LogP contribution in [0.15, 0.2) is 30.3 Å². The monoisotopic (exact) mass is 226 g/mol. The highest BCUT2D eigenvalue weighted by atomic mass is 16.3. The molecule has 0 saturated heterocycles. The van der Waals surface area contributed by atoms with E-state index >= 15 is 0 Å². The van der Waals surface area contributed by atoms with Gasteiger partial charge in [0, 0.05) is 6.07 Å². The molecule has 5 N–H and O–H groups in total. The molecule has 2 aromatic carbocycles. The number of nitrogens with two attached hydrogens (primary N) is 2. The predicted molar refractivity (Wildman–Crippen MR) is 67.5 cm³/mol. The van der Waals surface area contributed by atoms with Crippen LogP contribution in [0, 0.1) is 0 Å². The molecule has 5 nitrogen and oxygen atoms in total. The number of hydrogen-bond donors (Lipinski definition) is 3. The van der Waals surface area contributed by atoms with Crippen LogP contribution in [0.2, 0.25) is 0 Å². The molecule has 17 heavy (non-hydrogen) atoms. The number of nitrogen functional groups attached to an aromatic ring is 2. The molecular formula is C12H10N4O. The Labute approximate surface area is 96.7 Å². The fraction of sp³-hybridized carbons (Fsp3) is 0. The molecular weight excluding hydrogens is 216 g/mol. The number of aromatic nitrogens is 2. The maximum Gasteiger partial charge on any atom is 0.145 e. The molecule has 0 amide bonds. The molecule has 3 aromatic rings. The minimum absolute atomic E-state index is 0.00930. The first-order valence-electron chi connectivity index (χ1n) is 5.10. The lowest BCUT2D eigenvalue weighted by molar-refractivity contribution is 0.481. The normalized spacial score (nSPS) is 11.1. The summed E-state index contributed by atoms with van der Waals surface area (Å²) in [5.41, 5.74) is 14.4. The lowest BCUT2D eigenvalue weighted by Gasteiger charge is -2.07. The van der Waals surface area contributed by atoms with Crippen molar-refractivity contribution < 1.29 is 5.11 Å². The number of aromatic hydroxyl groups is 1. The SMILES string of the molecule is Nc1cc(O)c2nc3ccccc3nc2c1N. The van der Waals surface area contributed by atoms with Gasteiger partial charge in [0.25, 0.3) is 0 Å². The Balaban J connectivity index is 2.56. The largest absolute Gasteiger partial charge is 0.506 e. The van der Waals surface area contributed by atoms with Crippen molar-refractivity contribution in [2.45, 2.75) is 0 Å². The van der Waals surface area contributed by atoms with E-state index in [4.69, 9.17) is 11.5 Å². The number of anilines is 2. The number of phenolic OH excluding ortho intramolecular Hbond substituents is 1. The fourth-order valence-electron chi connectivity index (χ4n) is 1.80. The number of nitrogens with zero attached hydrogens (tertiary/aromatic N) is 2. The predicted octanol–water partition coefficient (Wildman–Crippen LogP) is 1.65. The Morgan fingerprint density at radius 3 is 2.18 bits per heavy atom. The maximum atomic E-state index is 9.80. The fourth-order valence-corrected chi connectivity index (χ4v) is 1.80. The summed E-state index contributed by atoms with van der Waals surface area (Å²) in [6.07, 6.45) is 0. The molecule has 0 bridgehead atoms. The van der Waals surface area contributed by atoms with Gasteiger partial charge in [0.2, 0.25) is 0 Å². The molecule has 84 valence electrons. The van der Waals surface area contributed by atoms with E-state index in [1.165, 1.54) is 6.07 Å². The molecule has 0 saturated carbocycles. The van der Waals surface area contributed by atoms with Crippen molar-refractivity contribution in [3.63, 3.8) is 0 Å². The minimum Gasteiger partial charge on any atom is -0.506 e. The van der Waals surface area contributed by atoms with Crippen LogP contribution in [0.4, 0.5) is 11.4 Å². The summed E-state index contributed by atoms with van der Waals surface area (Å²) in [5.74, 6) is -0.00930. The minimum atomic E-state index is -0.00930. The topological polar surface area (TPSA) is 98.0 Å². The average molecular weight is 226 g/mol. The summed E-state index contributed by atoms with van der Waals surface area (Å²) in [6, 6.07) is 8.78. The molecule has 0 aliphatic carbocycles. The summed E-state index contributed by atoms with van der Waals surface area (Å²) in [7, 11) is 0. The second-order valence-corrected chi connectivity index (χ2v) is 3.81. The van der Waals surface area contributed by atoms with E-state index in [1.807, 2.05) is 24.3 Å². The van der Waals surface area contributed by atoms with Crippen molar-refractivity contribution in [3.05, 3.63) is 30.3 Å². The molecule has 0 radical (unpaired) electrons. The first kappa shape index (κ1) is 9.65. The van der Waals surface area contributed by atoms with Crippen molar-refractivity contribution in [3.8, 4) is 5.75 Å². The molecule has 0 spiro atoms. The number of benzene rings is 2. The standard InChI is InChI=1S/C12H10N4O/c13-6-5-9(17)11-12(10(6)14)16-8-4-2-1-3-7(8)15-11/h1-5,17H,13-14H2. The van der Waals surface area contributed by atoms with Crippen molar-refractivity contribution in [2.75, 3.05) is 11.5 Å². The molecule has 0 unspecified atom stereocenters. The Morgan fingerprint density at radius 1 is 0.941 bits per heavy atom. The summed E-state index contributed by atoms with van der Waals surface area (Å²) in [6.45, 7) is 0. The third-order valence-electron chi connectivity index (χ3n) is 2.67. The zero-order valence-electron chi connectivity index (χ0n) is 8.88. The van der Waals surface area contributed by atoms with E-state index in [-0.39, 0.29) is 5.75 Å². The first-order chi connectivity index (χ1) is 8.16. The van der Waals surface area contributed by atoms with Crippen LogP contribution in [0.5, 0.6) is 5.75 Å².